The smallest absolute Gasteiger partial charge is 0.230 e. The molecule has 7 nitrogen and oxygen atoms in total. The van der Waals surface area contributed by atoms with E-state index >= 15 is 0 Å². The SMILES string of the molecule is CC(=O)Nc1nc(F)c(CN2CC[C@H](OCc3cnn(C)c3)C[C@@H]2C)s1. The Hall–Kier alpha value is -1.84. The van der Waals surface area contributed by atoms with Crippen LogP contribution in [-0.4, -0.2) is 44.3 Å². The summed E-state index contributed by atoms with van der Waals surface area (Å²) in [6, 6.07) is 0.286. The van der Waals surface area contributed by atoms with Gasteiger partial charge in [-0.25, -0.2) is 0 Å². The number of likely N-dealkylation sites (tertiary alicyclic amines) is 1. The van der Waals surface area contributed by atoms with Gasteiger partial charge in [0.1, 0.15) is 0 Å². The van der Waals surface area contributed by atoms with Crippen molar-refractivity contribution >= 4 is 22.4 Å². The van der Waals surface area contributed by atoms with Crippen molar-refractivity contribution in [1.82, 2.24) is 19.7 Å². The molecule has 0 aliphatic carbocycles. The summed E-state index contributed by atoms with van der Waals surface area (Å²) in [7, 11) is 1.89. The second-order valence-corrected chi connectivity index (χ2v) is 7.80. The van der Waals surface area contributed by atoms with Crippen LogP contribution in [0.15, 0.2) is 12.4 Å². The molecule has 1 N–H and O–H groups in total. The number of nitrogens with zero attached hydrogens (tertiary/aromatic N) is 4. The van der Waals surface area contributed by atoms with Gasteiger partial charge in [0.15, 0.2) is 5.13 Å². The van der Waals surface area contributed by atoms with E-state index in [4.69, 9.17) is 4.74 Å². The molecule has 3 heterocycles. The van der Waals surface area contributed by atoms with Gasteiger partial charge in [0.05, 0.1) is 23.8 Å². The maximum Gasteiger partial charge on any atom is 0.230 e. The van der Waals surface area contributed by atoms with Gasteiger partial charge < -0.3 is 10.1 Å². The standard InChI is InChI=1S/C17H24FN5O2S/c1-11-6-14(25-10-13-7-19-22(3)8-13)4-5-23(11)9-15-16(18)21-17(26-15)20-12(2)24/h7-8,11,14H,4-6,9-10H2,1-3H3,(H,20,21,24)/t11-,14-/m0/s1. The highest BCUT2D eigenvalue weighted by atomic mass is 32.1. The molecule has 1 saturated heterocycles. The number of carbonyl (C=O) groups is 1. The second kappa shape index (κ2) is 8.24. The summed E-state index contributed by atoms with van der Waals surface area (Å²) in [4.78, 5) is 17.6. The third-order valence-corrected chi connectivity index (χ3v) is 5.42. The minimum atomic E-state index is -0.499. The molecule has 1 aliphatic heterocycles. The van der Waals surface area contributed by atoms with Crippen LogP contribution in [0.3, 0.4) is 0 Å². The van der Waals surface area contributed by atoms with Crippen molar-refractivity contribution in [2.75, 3.05) is 11.9 Å². The van der Waals surface area contributed by atoms with Gasteiger partial charge in [0.25, 0.3) is 0 Å². The van der Waals surface area contributed by atoms with Crippen LogP contribution in [0.4, 0.5) is 9.52 Å². The van der Waals surface area contributed by atoms with E-state index in [1.54, 1.807) is 4.68 Å². The molecule has 0 bridgehead atoms. The van der Waals surface area contributed by atoms with Gasteiger partial charge in [-0.3, -0.25) is 14.4 Å². The highest BCUT2D eigenvalue weighted by Gasteiger charge is 2.27. The maximum atomic E-state index is 14.0. The number of hydrogen-bond donors (Lipinski definition) is 1. The van der Waals surface area contributed by atoms with E-state index in [1.807, 2.05) is 19.4 Å². The quantitative estimate of drug-likeness (QED) is 0.833. The molecular formula is C17H24FN5O2S. The number of ether oxygens (including phenoxy) is 1. The first-order chi connectivity index (χ1) is 12.4. The lowest BCUT2D eigenvalue weighted by atomic mass is 10.0. The first-order valence-corrected chi connectivity index (χ1v) is 9.48. The largest absolute Gasteiger partial charge is 0.373 e. The first-order valence-electron chi connectivity index (χ1n) is 8.66. The van der Waals surface area contributed by atoms with E-state index in [2.05, 4.69) is 27.2 Å². The fraction of sp³-hybridized carbons (Fsp3) is 0.588. The number of hydrogen-bond acceptors (Lipinski definition) is 6. The third-order valence-electron chi connectivity index (χ3n) is 4.49. The molecule has 0 unspecified atom stereocenters. The van der Waals surface area contributed by atoms with Crippen molar-refractivity contribution in [2.24, 2.45) is 7.05 Å². The predicted octanol–water partition coefficient (Wildman–Crippen LogP) is 2.54. The van der Waals surface area contributed by atoms with Crippen LogP contribution in [0, 0.1) is 5.95 Å². The number of amides is 1. The number of carbonyl (C=O) groups excluding carboxylic acids is 1. The summed E-state index contributed by atoms with van der Waals surface area (Å²) in [5.74, 6) is -0.744. The topological polar surface area (TPSA) is 72.3 Å². The average Bonchev–Trinajstić information content (AvgIpc) is 3.13. The number of thiazole rings is 1. The van der Waals surface area contributed by atoms with Crippen LogP contribution in [0.2, 0.25) is 0 Å². The number of rotatable bonds is 6. The molecule has 3 rings (SSSR count). The summed E-state index contributed by atoms with van der Waals surface area (Å²) in [6.45, 7) is 5.42. The fourth-order valence-electron chi connectivity index (χ4n) is 3.14. The Morgan fingerprint density at radius 2 is 2.35 bits per heavy atom. The second-order valence-electron chi connectivity index (χ2n) is 6.71. The summed E-state index contributed by atoms with van der Waals surface area (Å²) >= 11 is 1.19. The maximum absolute atomic E-state index is 14.0. The van der Waals surface area contributed by atoms with Gasteiger partial charge in [0.2, 0.25) is 11.9 Å². The van der Waals surface area contributed by atoms with Gasteiger partial charge in [0, 0.05) is 44.9 Å². The number of aryl methyl sites for hydroxylation is 1. The highest BCUT2D eigenvalue weighted by molar-refractivity contribution is 7.15. The third kappa shape index (κ3) is 4.87. The highest BCUT2D eigenvalue weighted by Crippen LogP contribution is 2.27. The summed E-state index contributed by atoms with van der Waals surface area (Å²) in [6.07, 6.45) is 5.78. The number of anilines is 1. The fourth-order valence-corrected chi connectivity index (χ4v) is 4.06. The zero-order chi connectivity index (χ0) is 18.7. The van der Waals surface area contributed by atoms with Gasteiger partial charge in [-0.2, -0.15) is 14.5 Å². The first kappa shape index (κ1) is 18.9. The van der Waals surface area contributed by atoms with Crippen molar-refractivity contribution in [1.29, 1.82) is 0 Å². The van der Waals surface area contributed by atoms with E-state index < -0.39 is 5.95 Å². The molecule has 0 spiro atoms. The molecular weight excluding hydrogens is 357 g/mol. The van der Waals surface area contributed by atoms with Crippen LogP contribution in [0.5, 0.6) is 0 Å². The molecule has 2 aromatic heterocycles. The van der Waals surface area contributed by atoms with Crippen LogP contribution >= 0.6 is 11.3 Å². The Balaban J connectivity index is 1.51. The van der Waals surface area contributed by atoms with Gasteiger partial charge in [-0.15, -0.1) is 0 Å². The van der Waals surface area contributed by atoms with Crippen molar-refractivity contribution < 1.29 is 13.9 Å². The van der Waals surface area contributed by atoms with Crippen molar-refractivity contribution in [3.63, 3.8) is 0 Å². The van der Waals surface area contributed by atoms with Gasteiger partial charge in [-0.05, 0) is 19.8 Å². The molecule has 0 saturated carbocycles. The molecule has 26 heavy (non-hydrogen) atoms. The normalized spacial score (nSPS) is 21.1. The van der Waals surface area contributed by atoms with Crippen molar-refractivity contribution in [3.8, 4) is 0 Å². The number of piperidine rings is 1. The van der Waals surface area contributed by atoms with Crippen LogP contribution in [-0.2, 0) is 29.7 Å². The molecule has 1 fully saturated rings. The molecule has 142 valence electrons. The minimum absolute atomic E-state index is 0.197. The number of halogens is 1. The number of nitrogens with one attached hydrogen (secondary N) is 1. The Morgan fingerprint density at radius 3 is 3.00 bits per heavy atom. The zero-order valence-electron chi connectivity index (χ0n) is 15.2. The van der Waals surface area contributed by atoms with E-state index in [9.17, 15) is 9.18 Å². The monoisotopic (exact) mass is 381 g/mol. The van der Waals surface area contributed by atoms with Gasteiger partial charge >= 0.3 is 0 Å². The van der Waals surface area contributed by atoms with Crippen LogP contribution in [0.1, 0.15) is 37.1 Å². The Kier molecular flexibility index (Phi) is 6.00. The number of aromatic nitrogens is 3. The zero-order valence-corrected chi connectivity index (χ0v) is 16.1. The molecule has 1 amide bonds. The van der Waals surface area contributed by atoms with Crippen molar-refractivity contribution in [2.45, 2.75) is 52.0 Å². The van der Waals surface area contributed by atoms with E-state index in [-0.39, 0.29) is 18.1 Å². The van der Waals surface area contributed by atoms with Crippen LogP contribution < -0.4 is 5.32 Å². The summed E-state index contributed by atoms with van der Waals surface area (Å²) < 4.78 is 21.8. The lowest BCUT2D eigenvalue weighted by Gasteiger charge is -2.37. The lowest BCUT2D eigenvalue weighted by Crippen LogP contribution is -2.42. The lowest BCUT2D eigenvalue weighted by molar-refractivity contribution is -0.114. The molecule has 2 atom stereocenters. The Morgan fingerprint density at radius 1 is 1.54 bits per heavy atom. The van der Waals surface area contributed by atoms with E-state index in [1.165, 1.54) is 18.3 Å². The summed E-state index contributed by atoms with van der Waals surface area (Å²) in [5.41, 5.74) is 1.07. The Labute approximate surface area is 156 Å². The van der Waals surface area contributed by atoms with Crippen molar-refractivity contribution in [3.05, 3.63) is 28.8 Å². The van der Waals surface area contributed by atoms with Crippen LogP contribution in [0.25, 0.3) is 0 Å². The molecule has 0 aromatic carbocycles. The minimum Gasteiger partial charge on any atom is -0.373 e. The van der Waals surface area contributed by atoms with E-state index in [0.717, 1.165) is 24.9 Å². The summed E-state index contributed by atoms with van der Waals surface area (Å²) in [5, 5.41) is 7.00. The predicted molar refractivity (Wildman–Crippen MR) is 97.3 cm³/mol. The van der Waals surface area contributed by atoms with Gasteiger partial charge in [-0.1, -0.05) is 11.3 Å². The molecule has 1 aliphatic rings. The molecule has 2 aromatic rings. The molecule has 0 radical (unpaired) electrons. The Bertz CT molecular complexity index is 762. The van der Waals surface area contributed by atoms with E-state index in [0.29, 0.717) is 23.2 Å². The average molecular weight is 381 g/mol. The molecule has 9 heteroatoms.